The fraction of sp³-hybridized carbons (Fsp3) is 0.778. The molecule has 1 unspecified atom stereocenters. The SMILES string of the molecule is CCOP(=O)(OCC)C1C=CCC1. The van der Waals surface area contributed by atoms with Gasteiger partial charge in [0.05, 0.1) is 18.9 Å². The minimum Gasteiger partial charge on any atom is -0.308 e. The maximum Gasteiger partial charge on any atom is 0.337 e. The van der Waals surface area contributed by atoms with Gasteiger partial charge in [0.25, 0.3) is 0 Å². The highest BCUT2D eigenvalue weighted by Gasteiger charge is 2.34. The summed E-state index contributed by atoms with van der Waals surface area (Å²) >= 11 is 0. The fourth-order valence-electron chi connectivity index (χ4n) is 1.47. The molecule has 1 atom stereocenters. The van der Waals surface area contributed by atoms with Crippen molar-refractivity contribution in [2.75, 3.05) is 13.2 Å². The van der Waals surface area contributed by atoms with Crippen LogP contribution in [0.2, 0.25) is 0 Å². The van der Waals surface area contributed by atoms with E-state index < -0.39 is 7.60 Å². The first-order chi connectivity index (χ1) is 6.23. The van der Waals surface area contributed by atoms with Crippen molar-refractivity contribution in [1.29, 1.82) is 0 Å². The van der Waals surface area contributed by atoms with E-state index in [1.54, 1.807) is 0 Å². The van der Waals surface area contributed by atoms with Gasteiger partial charge in [-0.25, -0.2) is 0 Å². The monoisotopic (exact) mass is 204 g/mol. The fourth-order valence-corrected chi connectivity index (χ4v) is 3.44. The highest BCUT2D eigenvalue weighted by molar-refractivity contribution is 7.54. The molecule has 1 rings (SSSR count). The van der Waals surface area contributed by atoms with E-state index in [1.807, 2.05) is 26.0 Å². The molecular formula is C9H17O3P. The van der Waals surface area contributed by atoms with Crippen LogP contribution >= 0.6 is 7.60 Å². The van der Waals surface area contributed by atoms with E-state index in [9.17, 15) is 4.57 Å². The molecule has 1 aliphatic rings. The third kappa shape index (κ3) is 2.67. The normalized spacial score (nSPS) is 22.5. The lowest BCUT2D eigenvalue weighted by Crippen LogP contribution is -2.08. The smallest absolute Gasteiger partial charge is 0.308 e. The minimum absolute atomic E-state index is 0.0209. The highest BCUT2D eigenvalue weighted by Crippen LogP contribution is 2.56. The van der Waals surface area contributed by atoms with Crippen LogP contribution in [0, 0.1) is 0 Å². The quantitative estimate of drug-likeness (QED) is 0.510. The second-order valence-electron chi connectivity index (χ2n) is 2.95. The van der Waals surface area contributed by atoms with Crippen molar-refractivity contribution in [1.82, 2.24) is 0 Å². The van der Waals surface area contributed by atoms with Crippen LogP contribution in [0.5, 0.6) is 0 Å². The van der Waals surface area contributed by atoms with E-state index in [4.69, 9.17) is 9.05 Å². The molecule has 0 fully saturated rings. The number of hydrogen-bond acceptors (Lipinski definition) is 3. The Morgan fingerprint density at radius 3 is 2.38 bits per heavy atom. The average Bonchev–Trinajstić information content (AvgIpc) is 2.57. The second-order valence-corrected chi connectivity index (χ2v) is 5.21. The van der Waals surface area contributed by atoms with Crippen molar-refractivity contribution in [3.05, 3.63) is 12.2 Å². The first-order valence-corrected chi connectivity index (χ1v) is 6.39. The van der Waals surface area contributed by atoms with Crippen molar-refractivity contribution in [3.63, 3.8) is 0 Å². The number of allylic oxidation sites excluding steroid dienone is 2. The standard InChI is InChI=1S/C9H17O3P/c1-3-11-13(10,12-4-2)9-7-5-6-8-9/h5,7,9H,3-4,6,8H2,1-2H3. The van der Waals surface area contributed by atoms with Gasteiger partial charge in [0.2, 0.25) is 0 Å². The van der Waals surface area contributed by atoms with Gasteiger partial charge in [-0.3, -0.25) is 4.57 Å². The van der Waals surface area contributed by atoms with Crippen LogP contribution in [0.3, 0.4) is 0 Å². The van der Waals surface area contributed by atoms with Crippen LogP contribution in [0.1, 0.15) is 26.7 Å². The largest absolute Gasteiger partial charge is 0.337 e. The van der Waals surface area contributed by atoms with Gasteiger partial charge in [0, 0.05) is 0 Å². The maximum atomic E-state index is 12.1. The second kappa shape index (κ2) is 4.94. The highest BCUT2D eigenvalue weighted by atomic mass is 31.2. The van der Waals surface area contributed by atoms with E-state index in [-0.39, 0.29) is 5.66 Å². The number of rotatable bonds is 5. The van der Waals surface area contributed by atoms with E-state index in [2.05, 4.69) is 0 Å². The molecule has 0 saturated heterocycles. The summed E-state index contributed by atoms with van der Waals surface area (Å²) in [6, 6.07) is 0. The first-order valence-electron chi connectivity index (χ1n) is 4.78. The summed E-state index contributed by atoms with van der Waals surface area (Å²) < 4.78 is 22.6. The van der Waals surface area contributed by atoms with E-state index in [0.717, 1.165) is 12.8 Å². The summed E-state index contributed by atoms with van der Waals surface area (Å²) in [7, 11) is -2.85. The Kier molecular flexibility index (Phi) is 4.17. The molecule has 4 heteroatoms. The van der Waals surface area contributed by atoms with Gasteiger partial charge < -0.3 is 9.05 Å². The Hall–Kier alpha value is -0.110. The van der Waals surface area contributed by atoms with E-state index in [0.29, 0.717) is 13.2 Å². The van der Waals surface area contributed by atoms with Gasteiger partial charge >= 0.3 is 7.60 Å². The molecule has 0 spiro atoms. The zero-order valence-corrected chi connectivity index (χ0v) is 9.13. The van der Waals surface area contributed by atoms with Crippen molar-refractivity contribution in [3.8, 4) is 0 Å². The van der Waals surface area contributed by atoms with Gasteiger partial charge in [-0.1, -0.05) is 12.2 Å². The molecule has 3 nitrogen and oxygen atoms in total. The molecule has 0 N–H and O–H groups in total. The Balaban J connectivity index is 2.64. The van der Waals surface area contributed by atoms with Crippen LogP contribution in [0.15, 0.2) is 12.2 Å². The molecule has 0 aromatic heterocycles. The van der Waals surface area contributed by atoms with Crippen LogP contribution in [-0.4, -0.2) is 18.9 Å². The Morgan fingerprint density at radius 1 is 1.38 bits per heavy atom. The van der Waals surface area contributed by atoms with Gasteiger partial charge in [0.15, 0.2) is 0 Å². The zero-order valence-electron chi connectivity index (χ0n) is 8.23. The van der Waals surface area contributed by atoms with Crippen LogP contribution < -0.4 is 0 Å². The topological polar surface area (TPSA) is 35.5 Å². The summed E-state index contributed by atoms with van der Waals surface area (Å²) in [6.45, 7) is 4.57. The molecule has 76 valence electrons. The molecule has 0 amide bonds. The van der Waals surface area contributed by atoms with E-state index >= 15 is 0 Å². The Bertz CT molecular complexity index is 215. The molecule has 1 aliphatic carbocycles. The van der Waals surface area contributed by atoms with Crippen molar-refractivity contribution < 1.29 is 13.6 Å². The summed E-state index contributed by atoms with van der Waals surface area (Å²) in [5.74, 6) is 0. The molecule has 0 heterocycles. The van der Waals surface area contributed by atoms with Crippen LogP contribution in [-0.2, 0) is 13.6 Å². The molecule has 0 saturated carbocycles. The lowest BCUT2D eigenvalue weighted by atomic mass is 10.4. The molecule has 13 heavy (non-hydrogen) atoms. The lowest BCUT2D eigenvalue weighted by Gasteiger charge is -2.21. The molecule has 0 aromatic carbocycles. The van der Waals surface area contributed by atoms with Gasteiger partial charge in [0.1, 0.15) is 0 Å². The number of hydrogen-bond donors (Lipinski definition) is 0. The zero-order chi connectivity index (χ0) is 9.73. The molecule has 0 bridgehead atoms. The van der Waals surface area contributed by atoms with E-state index in [1.165, 1.54) is 0 Å². The average molecular weight is 204 g/mol. The summed E-state index contributed by atoms with van der Waals surface area (Å²) in [6.07, 6.45) is 5.85. The maximum absolute atomic E-state index is 12.1. The van der Waals surface area contributed by atoms with Gasteiger partial charge in [-0.2, -0.15) is 0 Å². The lowest BCUT2D eigenvalue weighted by molar-refractivity contribution is 0.215. The third-order valence-electron chi connectivity index (χ3n) is 2.01. The molecule has 0 radical (unpaired) electrons. The van der Waals surface area contributed by atoms with Crippen molar-refractivity contribution >= 4 is 7.60 Å². The Labute approximate surface area is 79.7 Å². The summed E-state index contributed by atoms with van der Waals surface area (Å²) in [5.41, 5.74) is -0.0209. The third-order valence-corrected chi connectivity index (χ3v) is 4.49. The first kappa shape index (κ1) is 11.0. The molecular weight excluding hydrogens is 187 g/mol. The predicted octanol–water partition coefficient (Wildman–Crippen LogP) is 2.97. The van der Waals surface area contributed by atoms with Crippen LogP contribution in [0.25, 0.3) is 0 Å². The minimum atomic E-state index is -2.85. The Morgan fingerprint density at radius 2 is 2.00 bits per heavy atom. The molecule has 0 aliphatic heterocycles. The van der Waals surface area contributed by atoms with Crippen LogP contribution in [0.4, 0.5) is 0 Å². The summed E-state index contributed by atoms with van der Waals surface area (Å²) in [5, 5.41) is 0. The molecule has 0 aromatic rings. The van der Waals surface area contributed by atoms with Gasteiger partial charge in [-0.15, -0.1) is 0 Å². The van der Waals surface area contributed by atoms with Gasteiger partial charge in [-0.05, 0) is 26.7 Å². The summed E-state index contributed by atoms with van der Waals surface area (Å²) in [4.78, 5) is 0. The van der Waals surface area contributed by atoms with Crippen molar-refractivity contribution in [2.45, 2.75) is 32.3 Å². The van der Waals surface area contributed by atoms with Crippen molar-refractivity contribution in [2.24, 2.45) is 0 Å². The predicted molar refractivity (Wildman–Crippen MR) is 53.0 cm³/mol.